The number of likely N-dealkylation sites (N-methyl/N-ethyl adjacent to an activating group) is 1. The van der Waals surface area contributed by atoms with Gasteiger partial charge in [-0.05, 0) is 20.9 Å². The number of aliphatic hydroxyl groups is 1. The maximum Gasteiger partial charge on any atom is 0.142 e. The lowest BCUT2D eigenvalue weighted by atomic mass is 10.2. The normalized spacial score (nSPS) is 42.6. The van der Waals surface area contributed by atoms with E-state index in [0.717, 1.165) is 0 Å². The molecule has 10 heavy (non-hydrogen) atoms. The molecule has 1 fully saturated rings. The van der Waals surface area contributed by atoms with Crippen molar-refractivity contribution in [1.29, 1.82) is 0 Å². The van der Waals surface area contributed by atoms with Crippen LogP contribution in [0.5, 0.6) is 0 Å². The van der Waals surface area contributed by atoms with Gasteiger partial charge >= 0.3 is 0 Å². The molecule has 1 heterocycles. The average molecular weight is 145 g/mol. The van der Waals surface area contributed by atoms with Gasteiger partial charge in [0.15, 0.2) is 0 Å². The van der Waals surface area contributed by atoms with Crippen LogP contribution in [-0.4, -0.2) is 42.0 Å². The van der Waals surface area contributed by atoms with Gasteiger partial charge in [0.1, 0.15) is 5.72 Å². The summed E-state index contributed by atoms with van der Waals surface area (Å²) in [6.07, 6.45) is 0. The highest BCUT2D eigenvalue weighted by molar-refractivity contribution is 4.83. The van der Waals surface area contributed by atoms with E-state index >= 15 is 0 Å². The van der Waals surface area contributed by atoms with Crippen LogP contribution in [-0.2, 0) is 4.74 Å². The smallest absolute Gasteiger partial charge is 0.142 e. The zero-order valence-corrected chi connectivity index (χ0v) is 6.79. The molecule has 0 aliphatic carbocycles. The Labute approximate surface area is 61.6 Å². The summed E-state index contributed by atoms with van der Waals surface area (Å²) in [6, 6.07) is 0.414. The maximum atomic E-state index is 8.95. The quantitative estimate of drug-likeness (QED) is 0.565. The molecule has 0 saturated carbocycles. The van der Waals surface area contributed by atoms with E-state index in [1.54, 1.807) is 0 Å². The van der Waals surface area contributed by atoms with Crippen LogP contribution in [0.4, 0.5) is 0 Å². The van der Waals surface area contributed by atoms with Crippen molar-refractivity contribution in [2.24, 2.45) is 0 Å². The van der Waals surface area contributed by atoms with Crippen molar-refractivity contribution < 1.29 is 9.84 Å². The molecule has 1 rings (SSSR count). The molecule has 1 aliphatic rings. The summed E-state index contributed by atoms with van der Waals surface area (Å²) >= 11 is 0. The van der Waals surface area contributed by atoms with Crippen molar-refractivity contribution in [3.8, 4) is 0 Å². The zero-order chi connectivity index (χ0) is 7.78. The van der Waals surface area contributed by atoms with Crippen molar-refractivity contribution in [3.63, 3.8) is 0 Å². The van der Waals surface area contributed by atoms with Crippen LogP contribution >= 0.6 is 0 Å². The maximum absolute atomic E-state index is 8.95. The van der Waals surface area contributed by atoms with E-state index in [1.165, 1.54) is 0 Å². The van der Waals surface area contributed by atoms with Crippen LogP contribution < -0.4 is 0 Å². The molecule has 0 aromatic carbocycles. The third kappa shape index (κ3) is 1.05. The molecule has 2 atom stereocenters. The summed E-state index contributed by atoms with van der Waals surface area (Å²) in [5.74, 6) is 0. The van der Waals surface area contributed by atoms with Crippen LogP contribution in [0.2, 0.25) is 0 Å². The number of ether oxygens (including phenoxy) is 1. The van der Waals surface area contributed by atoms with Gasteiger partial charge in [0.05, 0.1) is 13.2 Å². The summed E-state index contributed by atoms with van der Waals surface area (Å²) in [7, 11) is 1.97. The lowest BCUT2D eigenvalue weighted by molar-refractivity contribution is -0.0936. The number of nitrogens with zero attached hydrogens (tertiary/aromatic N) is 1. The molecular weight excluding hydrogens is 130 g/mol. The van der Waals surface area contributed by atoms with Crippen molar-refractivity contribution in [3.05, 3.63) is 0 Å². The van der Waals surface area contributed by atoms with Crippen LogP contribution in [0.25, 0.3) is 0 Å². The number of rotatable bonds is 1. The molecule has 0 amide bonds. The molecule has 3 nitrogen and oxygen atoms in total. The SMILES string of the molecule is CC1COC(C)(CO)N1C. The Kier molecular flexibility index (Phi) is 1.99. The van der Waals surface area contributed by atoms with Gasteiger partial charge in [0, 0.05) is 6.04 Å². The van der Waals surface area contributed by atoms with Gasteiger partial charge < -0.3 is 9.84 Å². The van der Waals surface area contributed by atoms with Gasteiger partial charge in [0.25, 0.3) is 0 Å². The molecule has 1 N–H and O–H groups in total. The molecule has 2 unspecified atom stereocenters. The van der Waals surface area contributed by atoms with E-state index in [1.807, 2.05) is 18.9 Å². The fourth-order valence-corrected chi connectivity index (χ4v) is 1.14. The van der Waals surface area contributed by atoms with Crippen LogP contribution in [0.3, 0.4) is 0 Å². The highest BCUT2D eigenvalue weighted by atomic mass is 16.5. The molecule has 0 bridgehead atoms. The summed E-state index contributed by atoms with van der Waals surface area (Å²) < 4.78 is 5.39. The predicted octanol–water partition coefficient (Wildman–Crippen LogP) is 0.0454. The van der Waals surface area contributed by atoms with Crippen LogP contribution in [0.15, 0.2) is 0 Å². The van der Waals surface area contributed by atoms with Gasteiger partial charge in [0.2, 0.25) is 0 Å². The largest absolute Gasteiger partial charge is 0.392 e. The lowest BCUT2D eigenvalue weighted by Crippen LogP contribution is -2.45. The van der Waals surface area contributed by atoms with E-state index in [4.69, 9.17) is 9.84 Å². The topological polar surface area (TPSA) is 32.7 Å². The molecule has 0 aromatic rings. The van der Waals surface area contributed by atoms with E-state index in [0.29, 0.717) is 12.6 Å². The monoisotopic (exact) mass is 145 g/mol. The van der Waals surface area contributed by atoms with E-state index < -0.39 is 5.72 Å². The number of hydrogen-bond acceptors (Lipinski definition) is 3. The Bertz CT molecular complexity index is 129. The molecule has 3 heteroatoms. The lowest BCUT2D eigenvalue weighted by Gasteiger charge is -2.30. The Hall–Kier alpha value is -0.120. The Morgan fingerprint density at radius 1 is 1.80 bits per heavy atom. The predicted molar refractivity (Wildman–Crippen MR) is 38.7 cm³/mol. The highest BCUT2D eigenvalue weighted by Gasteiger charge is 2.38. The molecular formula is C7H15NO2. The van der Waals surface area contributed by atoms with Gasteiger partial charge in [-0.3, -0.25) is 4.90 Å². The third-order valence-corrected chi connectivity index (χ3v) is 2.34. The van der Waals surface area contributed by atoms with Gasteiger partial charge in [-0.25, -0.2) is 0 Å². The summed E-state index contributed by atoms with van der Waals surface area (Å²) in [4.78, 5) is 2.05. The fraction of sp³-hybridized carbons (Fsp3) is 1.00. The fourth-order valence-electron chi connectivity index (χ4n) is 1.14. The standard InChI is InChI=1S/C7H15NO2/c1-6-4-10-7(2,5-9)8(6)3/h6,9H,4-5H2,1-3H3. The first-order valence-electron chi connectivity index (χ1n) is 3.58. The Morgan fingerprint density at radius 3 is 2.60 bits per heavy atom. The second-order valence-corrected chi connectivity index (χ2v) is 3.10. The van der Waals surface area contributed by atoms with E-state index in [9.17, 15) is 0 Å². The summed E-state index contributed by atoms with van der Waals surface area (Å²) in [5.41, 5.74) is -0.445. The Balaban J connectivity index is 2.64. The minimum absolute atomic E-state index is 0.0633. The Morgan fingerprint density at radius 2 is 2.40 bits per heavy atom. The average Bonchev–Trinajstić information content (AvgIpc) is 2.19. The molecule has 0 spiro atoms. The molecule has 1 saturated heterocycles. The summed E-state index contributed by atoms with van der Waals surface area (Å²) in [5, 5.41) is 8.95. The van der Waals surface area contributed by atoms with Gasteiger partial charge in [-0.2, -0.15) is 0 Å². The van der Waals surface area contributed by atoms with Crippen LogP contribution in [0, 0.1) is 0 Å². The highest BCUT2D eigenvalue weighted by Crippen LogP contribution is 2.24. The van der Waals surface area contributed by atoms with Crippen molar-refractivity contribution >= 4 is 0 Å². The van der Waals surface area contributed by atoms with Crippen molar-refractivity contribution in [2.45, 2.75) is 25.6 Å². The summed E-state index contributed by atoms with van der Waals surface area (Å²) in [6.45, 7) is 4.76. The first kappa shape index (κ1) is 7.98. The van der Waals surface area contributed by atoms with Crippen molar-refractivity contribution in [1.82, 2.24) is 4.90 Å². The second-order valence-electron chi connectivity index (χ2n) is 3.10. The first-order valence-corrected chi connectivity index (χ1v) is 3.58. The first-order chi connectivity index (χ1) is 4.60. The van der Waals surface area contributed by atoms with E-state index in [-0.39, 0.29) is 6.61 Å². The van der Waals surface area contributed by atoms with E-state index in [2.05, 4.69) is 6.92 Å². The zero-order valence-electron chi connectivity index (χ0n) is 6.79. The number of hydrogen-bond donors (Lipinski definition) is 1. The minimum Gasteiger partial charge on any atom is -0.392 e. The van der Waals surface area contributed by atoms with Crippen molar-refractivity contribution in [2.75, 3.05) is 20.3 Å². The van der Waals surface area contributed by atoms with Crippen LogP contribution in [0.1, 0.15) is 13.8 Å². The molecule has 1 aliphatic heterocycles. The molecule has 60 valence electrons. The minimum atomic E-state index is -0.445. The molecule has 0 aromatic heterocycles. The molecule has 0 radical (unpaired) electrons. The third-order valence-electron chi connectivity index (χ3n) is 2.34. The second kappa shape index (κ2) is 2.49. The van der Waals surface area contributed by atoms with Gasteiger partial charge in [-0.1, -0.05) is 0 Å². The van der Waals surface area contributed by atoms with Gasteiger partial charge in [-0.15, -0.1) is 0 Å². The number of aliphatic hydroxyl groups excluding tert-OH is 1.